The minimum Gasteiger partial charge on any atom is -0.490 e. The average Bonchev–Trinajstić information content (AvgIpc) is 2.90. The van der Waals surface area contributed by atoms with Crippen LogP contribution in [0.1, 0.15) is 114 Å². The lowest BCUT2D eigenvalue weighted by Crippen LogP contribution is -2.14. The Morgan fingerprint density at radius 2 is 1.42 bits per heavy atom. The molecule has 1 fully saturated rings. The summed E-state index contributed by atoms with van der Waals surface area (Å²) in [4.78, 5) is 0. The van der Waals surface area contributed by atoms with E-state index in [1.807, 2.05) is 0 Å². The number of ether oxygens (including phenoxy) is 1. The van der Waals surface area contributed by atoms with E-state index in [1.54, 1.807) is 12.1 Å². The maximum Gasteiger partial charge on any atom is 0.200 e. The zero-order chi connectivity index (χ0) is 25.6. The van der Waals surface area contributed by atoms with Crippen molar-refractivity contribution in [3.8, 4) is 5.75 Å². The second-order valence-electron chi connectivity index (χ2n) is 10.5. The molecule has 0 N–H and O–H groups in total. The van der Waals surface area contributed by atoms with Gasteiger partial charge >= 0.3 is 0 Å². The Kier molecular flexibility index (Phi) is 12.5. The number of hydrogen-bond acceptors (Lipinski definition) is 1. The van der Waals surface area contributed by atoms with Gasteiger partial charge in [0.05, 0.1) is 6.61 Å². The Balaban J connectivity index is 1.39. The van der Waals surface area contributed by atoms with E-state index in [-0.39, 0.29) is 11.7 Å². The third-order valence-electron chi connectivity index (χ3n) is 7.64. The number of aryl methyl sites for hydroxylation is 2. The van der Waals surface area contributed by atoms with Crippen molar-refractivity contribution in [1.29, 1.82) is 0 Å². The fourth-order valence-electron chi connectivity index (χ4n) is 5.30. The van der Waals surface area contributed by atoms with E-state index in [9.17, 15) is 8.78 Å². The van der Waals surface area contributed by atoms with E-state index in [1.165, 1.54) is 36.8 Å². The van der Waals surface area contributed by atoms with Gasteiger partial charge in [-0.05, 0) is 92.4 Å². The summed E-state index contributed by atoms with van der Waals surface area (Å²) in [7, 11) is 0. The van der Waals surface area contributed by atoms with Gasteiger partial charge in [0.15, 0.2) is 11.6 Å². The van der Waals surface area contributed by atoms with E-state index >= 15 is 0 Å². The number of hydrogen-bond donors (Lipinski definition) is 0. The molecule has 0 unspecified atom stereocenters. The summed E-state index contributed by atoms with van der Waals surface area (Å²) < 4.78 is 34.9. The van der Waals surface area contributed by atoms with Crippen molar-refractivity contribution in [1.82, 2.24) is 0 Å². The molecule has 0 bridgehead atoms. The Morgan fingerprint density at radius 1 is 0.750 bits per heavy atom. The van der Waals surface area contributed by atoms with Gasteiger partial charge in [-0.15, -0.1) is 0 Å². The van der Waals surface area contributed by atoms with Crippen molar-refractivity contribution in [2.45, 2.75) is 110 Å². The number of halogens is 2. The van der Waals surface area contributed by atoms with Crippen LogP contribution in [0.3, 0.4) is 0 Å². The van der Waals surface area contributed by atoms with Crippen LogP contribution in [0.15, 0.2) is 48.6 Å². The van der Waals surface area contributed by atoms with E-state index in [4.69, 9.17) is 4.74 Å². The van der Waals surface area contributed by atoms with Crippen molar-refractivity contribution >= 4 is 0 Å². The predicted molar refractivity (Wildman–Crippen MR) is 148 cm³/mol. The van der Waals surface area contributed by atoms with Crippen LogP contribution in [0.2, 0.25) is 0 Å². The summed E-state index contributed by atoms with van der Waals surface area (Å²) >= 11 is 0. The van der Waals surface area contributed by atoms with Crippen molar-refractivity contribution in [3.05, 3.63) is 76.9 Å². The minimum absolute atomic E-state index is 0.0514. The van der Waals surface area contributed by atoms with Gasteiger partial charge in [0.25, 0.3) is 0 Å². The summed E-state index contributed by atoms with van der Waals surface area (Å²) in [5.74, 6) is -0.842. The van der Waals surface area contributed by atoms with Crippen molar-refractivity contribution in [3.63, 3.8) is 0 Å². The molecule has 0 spiro atoms. The molecular weight excluding hydrogens is 450 g/mol. The molecule has 0 heterocycles. The Hall–Kier alpha value is -2.16. The summed E-state index contributed by atoms with van der Waals surface area (Å²) in [6.45, 7) is 4.83. The molecule has 36 heavy (non-hydrogen) atoms. The van der Waals surface area contributed by atoms with Gasteiger partial charge in [-0.1, -0.05) is 88.4 Å². The van der Waals surface area contributed by atoms with E-state index in [0.29, 0.717) is 18.1 Å². The average molecular weight is 497 g/mol. The normalized spacial score (nSPS) is 18.1. The molecule has 2 aromatic rings. The number of unbranched alkanes of at least 4 members (excludes halogenated alkanes) is 5. The summed E-state index contributed by atoms with van der Waals surface area (Å²) in [6, 6.07) is 12.5. The van der Waals surface area contributed by atoms with Crippen LogP contribution in [0.4, 0.5) is 8.78 Å². The predicted octanol–water partition coefficient (Wildman–Crippen LogP) is 10.1. The topological polar surface area (TPSA) is 9.23 Å². The largest absolute Gasteiger partial charge is 0.490 e. The lowest BCUT2D eigenvalue weighted by molar-refractivity contribution is 0.283. The first-order chi connectivity index (χ1) is 17.6. The zero-order valence-electron chi connectivity index (χ0n) is 22.5. The van der Waals surface area contributed by atoms with Crippen LogP contribution in [-0.2, 0) is 12.8 Å². The number of allylic oxidation sites excluding steroid dienone is 2. The van der Waals surface area contributed by atoms with Crippen LogP contribution in [0, 0.1) is 17.6 Å². The summed E-state index contributed by atoms with van der Waals surface area (Å²) in [5, 5.41) is 0. The quantitative estimate of drug-likeness (QED) is 0.176. The highest BCUT2D eigenvalue weighted by molar-refractivity contribution is 5.33. The highest BCUT2D eigenvalue weighted by Gasteiger charge is 2.25. The molecule has 3 rings (SSSR count). The minimum atomic E-state index is -0.820. The Morgan fingerprint density at radius 3 is 2.11 bits per heavy atom. The van der Waals surface area contributed by atoms with Gasteiger partial charge in [-0.3, -0.25) is 0 Å². The molecule has 0 amide bonds. The maximum absolute atomic E-state index is 14.8. The molecule has 1 aliphatic carbocycles. The summed E-state index contributed by atoms with van der Waals surface area (Å²) in [5.41, 5.74) is 3.36. The van der Waals surface area contributed by atoms with Gasteiger partial charge in [0.2, 0.25) is 5.82 Å². The van der Waals surface area contributed by atoms with Crippen LogP contribution in [-0.4, -0.2) is 6.61 Å². The van der Waals surface area contributed by atoms with Gasteiger partial charge in [0.1, 0.15) is 0 Å². The lowest BCUT2D eigenvalue weighted by Gasteiger charge is -2.27. The molecule has 198 valence electrons. The van der Waals surface area contributed by atoms with Crippen LogP contribution in [0.5, 0.6) is 5.75 Å². The number of rotatable bonds is 15. The van der Waals surface area contributed by atoms with E-state index in [0.717, 1.165) is 64.2 Å². The maximum atomic E-state index is 14.8. The molecule has 0 aliphatic heterocycles. The van der Waals surface area contributed by atoms with Crippen molar-refractivity contribution in [2.75, 3.05) is 6.61 Å². The first-order valence-corrected chi connectivity index (χ1v) is 14.5. The molecule has 0 aromatic heterocycles. The molecule has 1 aliphatic rings. The lowest BCUT2D eigenvalue weighted by atomic mass is 9.78. The third-order valence-corrected chi connectivity index (χ3v) is 7.64. The third kappa shape index (κ3) is 9.05. The molecule has 1 saturated carbocycles. The second-order valence-corrected chi connectivity index (χ2v) is 10.5. The Labute approximate surface area is 218 Å². The monoisotopic (exact) mass is 496 g/mol. The standard InChI is InChI=1S/C33H46F2O/c1-3-5-7-11-25-36-31-24-23-30(32(34)33(31)35)29-21-19-28(20-22-29)14-10-9-13-27-17-15-26(16-18-27)12-8-6-4-2/h10,14-18,23-24,28-29H,3-9,11-13,19-22,25H2,1-2H3. The fraction of sp³-hybridized carbons (Fsp3) is 0.576. The molecule has 2 aromatic carbocycles. The van der Waals surface area contributed by atoms with E-state index in [2.05, 4.69) is 50.3 Å². The molecule has 0 saturated heterocycles. The van der Waals surface area contributed by atoms with Gasteiger partial charge in [0, 0.05) is 0 Å². The van der Waals surface area contributed by atoms with Crippen molar-refractivity contribution in [2.24, 2.45) is 5.92 Å². The van der Waals surface area contributed by atoms with Crippen molar-refractivity contribution < 1.29 is 13.5 Å². The molecule has 3 heteroatoms. The second kappa shape index (κ2) is 15.8. The van der Waals surface area contributed by atoms with Crippen LogP contribution >= 0.6 is 0 Å². The smallest absolute Gasteiger partial charge is 0.200 e. The summed E-state index contributed by atoms with van der Waals surface area (Å²) in [6.07, 6.45) is 19.9. The fourth-order valence-corrected chi connectivity index (χ4v) is 5.30. The first-order valence-electron chi connectivity index (χ1n) is 14.5. The highest BCUT2D eigenvalue weighted by Crippen LogP contribution is 2.39. The molecule has 0 atom stereocenters. The van der Waals surface area contributed by atoms with Gasteiger partial charge < -0.3 is 4.74 Å². The number of benzene rings is 2. The molecule has 0 radical (unpaired) electrons. The highest BCUT2D eigenvalue weighted by atomic mass is 19.2. The van der Waals surface area contributed by atoms with Gasteiger partial charge in [-0.25, -0.2) is 4.39 Å². The Bertz CT molecular complexity index is 910. The zero-order valence-corrected chi connectivity index (χ0v) is 22.5. The SMILES string of the molecule is CCCCCCOc1ccc(C2CCC(C=CCCc3ccc(CCCCC)cc3)CC2)c(F)c1F. The van der Waals surface area contributed by atoms with Crippen LogP contribution in [0.25, 0.3) is 0 Å². The molecular formula is C33H46F2O. The van der Waals surface area contributed by atoms with E-state index < -0.39 is 11.6 Å². The van der Waals surface area contributed by atoms with Crippen LogP contribution < -0.4 is 4.74 Å². The molecule has 1 nitrogen and oxygen atoms in total. The first kappa shape index (κ1) is 28.4. The van der Waals surface area contributed by atoms with Gasteiger partial charge in [-0.2, -0.15) is 4.39 Å².